The first-order chi connectivity index (χ1) is 22.3. The van der Waals surface area contributed by atoms with Crippen LogP contribution in [0.5, 0.6) is 0 Å². The third kappa shape index (κ3) is 4.27. The molecule has 0 amide bonds. The van der Waals surface area contributed by atoms with Gasteiger partial charge in [-0.05, 0) is 70.8 Å². The second-order valence-electron chi connectivity index (χ2n) is 11.2. The minimum absolute atomic E-state index is 0.760. The van der Waals surface area contributed by atoms with Crippen molar-refractivity contribution in [1.82, 2.24) is 4.98 Å². The summed E-state index contributed by atoms with van der Waals surface area (Å²) >= 11 is 0. The van der Waals surface area contributed by atoms with Gasteiger partial charge in [0.2, 0.25) is 0 Å². The van der Waals surface area contributed by atoms with Gasteiger partial charge < -0.3 is 8.83 Å². The molecule has 0 spiro atoms. The molecule has 0 saturated heterocycles. The lowest BCUT2D eigenvalue weighted by atomic mass is 10.00. The van der Waals surface area contributed by atoms with Gasteiger partial charge in [-0.1, -0.05) is 109 Å². The molecule has 0 aliphatic heterocycles. The van der Waals surface area contributed by atoms with Crippen LogP contribution in [-0.4, -0.2) is 4.98 Å². The third-order valence-electron chi connectivity index (χ3n) is 8.51. The molecule has 6 aromatic carbocycles. The van der Waals surface area contributed by atoms with Crippen LogP contribution in [0.2, 0.25) is 0 Å². The zero-order valence-corrected chi connectivity index (χ0v) is 24.2. The number of fused-ring (bicyclic) bond motifs is 6. The van der Waals surface area contributed by atoms with E-state index in [0.29, 0.717) is 0 Å². The van der Waals surface area contributed by atoms with Crippen molar-refractivity contribution in [3.63, 3.8) is 0 Å². The molecule has 0 aliphatic carbocycles. The van der Waals surface area contributed by atoms with E-state index < -0.39 is 0 Å². The van der Waals surface area contributed by atoms with Crippen molar-refractivity contribution >= 4 is 61.2 Å². The van der Waals surface area contributed by atoms with Gasteiger partial charge in [0, 0.05) is 21.8 Å². The highest BCUT2D eigenvalue weighted by Crippen LogP contribution is 2.42. The highest BCUT2D eigenvalue weighted by molar-refractivity contribution is 6.10. The smallest absolute Gasteiger partial charge is 0.159 e. The largest absolute Gasteiger partial charge is 0.454 e. The quantitative estimate of drug-likeness (QED) is 0.204. The van der Waals surface area contributed by atoms with Gasteiger partial charge in [-0.15, -0.1) is 0 Å². The average molecular weight is 579 g/mol. The van der Waals surface area contributed by atoms with Crippen molar-refractivity contribution in [3.8, 4) is 22.3 Å². The summed E-state index contributed by atoms with van der Waals surface area (Å²) < 4.78 is 12.6. The monoisotopic (exact) mass is 578 g/mol. The lowest BCUT2D eigenvalue weighted by molar-refractivity contribution is 0.668. The fourth-order valence-corrected chi connectivity index (χ4v) is 6.30. The van der Waals surface area contributed by atoms with Crippen molar-refractivity contribution in [2.45, 2.75) is 0 Å². The second-order valence-corrected chi connectivity index (χ2v) is 11.2. The fraction of sp³-hybridized carbons (Fsp3) is 0. The maximum Gasteiger partial charge on any atom is 0.159 e. The van der Waals surface area contributed by atoms with Gasteiger partial charge in [0.05, 0.1) is 5.69 Å². The number of pyridine rings is 1. The topological polar surface area (TPSA) is 42.4 Å². The van der Waals surface area contributed by atoms with Gasteiger partial charge in [0.15, 0.2) is 11.2 Å². The molecule has 9 rings (SSSR count). The summed E-state index contributed by atoms with van der Waals surface area (Å²) in [5, 5.41) is 3.15. The van der Waals surface area contributed by atoms with Crippen LogP contribution in [0.25, 0.3) is 66.3 Å². The molecule has 4 nitrogen and oxygen atoms in total. The molecule has 0 bridgehead atoms. The minimum Gasteiger partial charge on any atom is -0.454 e. The van der Waals surface area contributed by atoms with Gasteiger partial charge in [0.25, 0.3) is 0 Å². The Morgan fingerprint density at radius 1 is 0.400 bits per heavy atom. The van der Waals surface area contributed by atoms with Crippen molar-refractivity contribution in [2.24, 2.45) is 0 Å². The SMILES string of the molecule is c1ccc(-c2ccc(-c3ccc(N(c4ccc5oc6ccccc6c5n4)c4cccc5c4oc4ccccc45)cc3)cc2)cc1. The fourth-order valence-electron chi connectivity index (χ4n) is 6.30. The maximum absolute atomic E-state index is 6.50. The number of para-hydroxylation sites is 3. The van der Waals surface area contributed by atoms with Crippen LogP contribution in [0, 0.1) is 0 Å². The van der Waals surface area contributed by atoms with E-state index in [1.165, 1.54) is 11.1 Å². The number of aromatic nitrogens is 1. The van der Waals surface area contributed by atoms with Crippen LogP contribution in [0.15, 0.2) is 167 Å². The Balaban J connectivity index is 1.19. The molecular weight excluding hydrogens is 552 g/mol. The van der Waals surface area contributed by atoms with Gasteiger partial charge in [0.1, 0.15) is 22.5 Å². The normalized spacial score (nSPS) is 11.6. The molecule has 3 aromatic heterocycles. The summed E-state index contributed by atoms with van der Waals surface area (Å²) in [7, 11) is 0. The molecule has 0 atom stereocenters. The Hall–Kier alpha value is -6.13. The summed E-state index contributed by atoms with van der Waals surface area (Å²) in [5.74, 6) is 0.780. The van der Waals surface area contributed by atoms with E-state index >= 15 is 0 Å². The molecule has 9 aromatic rings. The lowest BCUT2D eigenvalue weighted by Crippen LogP contribution is -2.11. The summed E-state index contributed by atoms with van der Waals surface area (Å²) in [6.07, 6.45) is 0. The van der Waals surface area contributed by atoms with Gasteiger partial charge in [-0.3, -0.25) is 4.90 Å². The van der Waals surface area contributed by atoms with Gasteiger partial charge in [-0.2, -0.15) is 0 Å². The number of hydrogen-bond donors (Lipinski definition) is 0. The standard InChI is InChI=1S/C41H26N2O2/c1-2-9-27(10-3-1)28-17-19-29(20-18-28)30-21-23-31(24-22-30)43(35-14-8-13-33-32-11-4-6-15-36(32)45-41(33)35)39-26-25-38-40(42-39)34-12-5-7-16-37(34)44-38/h1-26H. The third-order valence-corrected chi connectivity index (χ3v) is 8.51. The average Bonchev–Trinajstić information content (AvgIpc) is 3.68. The van der Waals surface area contributed by atoms with Crippen molar-refractivity contribution in [2.75, 3.05) is 4.90 Å². The summed E-state index contributed by atoms with van der Waals surface area (Å²) in [6.45, 7) is 0. The lowest BCUT2D eigenvalue weighted by Gasteiger charge is -2.24. The van der Waals surface area contributed by atoms with E-state index in [2.05, 4.69) is 108 Å². The number of hydrogen-bond acceptors (Lipinski definition) is 4. The summed E-state index contributed by atoms with van der Waals surface area (Å²) in [4.78, 5) is 7.36. The first-order valence-corrected chi connectivity index (χ1v) is 15.0. The van der Waals surface area contributed by atoms with Crippen LogP contribution in [0.4, 0.5) is 17.2 Å². The first kappa shape index (κ1) is 25.4. The molecule has 3 heterocycles. The molecule has 45 heavy (non-hydrogen) atoms. The highest BCUT2D eigenvalue weighted by Gasteiger charge is 2.21. The minimum atomic E-state index is 0.760. The zero-order chi connectivity index (χ0) is 29.7. The summed E-state index contributed by atoms with van der Waals surface area (Å²) in [5.41, 5.74) is 10.7. The summed E-state index contributed by atoms with van der Waals surface area (Å²) in [6, 6.07) is 54.4. The van der Waals surface area contributed by atoms with Crippen LogP contribution >= 0.6 is 0 Å². The van der Waals surface area contributed by atoms with E-state index in [0.717, 1.165) is 72.3 Å². The van der Waals surface area contributed by atoms with E-state index in [4.69, 9.17) is 13.8 Å². The predicted molar refractivity (Wildman–Crippen MR) is 184 cm³/mol. The molecule has 0 unspecified atom stereocenters. The van der Waals surface area contributed by atoms with E-state index in [-0.39, 0.29) is 0 Å². The predicted octanol–water partition coefficient (Wildman–Crippen LogP) is 11.7. The Morgan fingerprint density at radius 3 is 1.71 bits per heavy atom. The molecule has 0 fully saturated rings. The Morgan fingerprint density at radius 2 is 0.978 bits per heavy atom. The van der Waals surface area contributed by atoms with Crippen molar-refractivity contribution in [3.05, 3.63) is 158 Å². The molecule has 4 heteroatoms. The Bertz CT molecular complexity index is 2470. The first-order valence-electron chi connectivity index (χ1n) is 15.0. The van der Waals surface area contributed by atoms with Gasteiger partial charge >= 0.3 is 0 Å². The number of benzene rings is 6. The maximum atomic E-state index is 6.50. The Kier molecular flexibility index (Phi) is 5.78. The van der Waals surface area contributed by atoms with E-state index in [9.17, 15) is 0 Å². The van der Waals surface area contributed by atoms with Crippen LogP contribution in [0.1, 0.15) is 0 Å². The van der Waals surface area contributed by atoms with E-state index in [1.807, 2.05) is 54.6 Å². The second kappa shape index (κ2) is 10.2. The molecule has 0 radical (unpaired) electrons. The Labute approximate surface area is 259 Å². The number of nitrogens with zero attached hydrogens (tertiary/aromatic N) is 2. The number of furan rings is 2. The van der Waals surface area contributed by atoms with Crippen LogP contribution < -0.4 is 4.90 Å². The molecule has 212 valence electrons. The number of rotatable bonds is 5. The van der Waals surface area contributed by atoms with Crippen molar-refractivity contribution in [1.29, 1.82) is 0 Å². The molecule has 0 saturated carbocycles. The van der Waals surface area contributed by atoms with Crippen LogP contribution in [0.3, 0.4) is 0 Å². The van der Waals surface area contributed by atoms with E-state index in [1.54, 1.807) is 0 Å². The van der Waals surface area contributed by atoms with Crippen molar-refractivity contribution < 1.29 is 8.83 Å². The van der Waals surface area contributed by atoms with Gasteiger partial charge in [-0.25, -0.2) is 4.98 Å². The number of anilines is 3. The zero-order valence-electron chi connectivity index (χ0n) is 24.2. The van der Waals surface area contributed by atoms with Crippen LogP contribution in [-0.2, 0) is 0 Å². The molecular formula is C41H26N2O2. The highest BCUT2D eigenvalue weighted by atomic mass is 16.3. The molecule has 0 N–H and O–H groups in total. The molecule has 0 aliphatic rings.